The number of fused-ring (bicyclic) bond motifs is 1. The first-order valence-electron chi connectivity index (χ1n) is 9.69. The molecule has 0 saturated carbocycles. The molecule has 0 unspecified atom stereocenters. The molecule has 29 heavy (non-hydrogen) atoms. The molecule has 4 aromatic carbocycles. The van der Waals surface area contributed by atoms with E-state index in [-0.39, 0.29) is 0 Å². The predicted molar refractivity (Wildman–Crippen MR) is 123 cm³/mol. The highest BCUT2D eigenvalue weighted by atomic mass is 32.2. The number of hydrogen-bond donors (Lipinski definition) is 1. The van der Waals surface area contributed by atoms with Crippen LogP contribution in [0.5, 0.6) is 0 Å². The lowest BCUT2D eigenvalue weighted by molar-refractivity contribution is 1.06. The Balaban J connectivity index is 1.50. The molecule has 1 N–H and O–H groups in total. The maximum Gasteiger partial charge on any atom is 0.166 e. The van der Waals surface area contributed by atoms with Crippen LogP contribution in [-0.4, -0.2) is 9.97 Å². The molecule has 0 bridgehead atoms. The monoisotopic (exact) mass is 392 g/mol. The van der Waals surface area contributed by atoms with Gasteiger partial charge in [0.05, 0.1) is 11.4 Å². The number of hydrogen-bond acceptors (Lipinski definition) is 2. The first-order chi connectivity index (χ1) is 14.4. The molecular formula is C26H20N2S. The van der Waals surface area contributed by atoms with Crippen molar-refractivity contribution in [3.63, 3.8) is 0 Å². The van der Waals surface area contributed by atoms with Gasteiger partial charge in [-0.15, -0.1) is 0 Å². The average molecular weight is 393 g/mol. The van der Waals surface area contributed by atoms with Crippen LogP contribution in [0.3, 0.4) is 0 Å². The van der Waals surface area contributed by atoms with Crippen molar-refractivity contribution in [3.8, 4) is 22.5 Å². The predicted octanol–water partition coefficient (Wildman–Crippen LogP) is 7.19. The summed E-state index contributed by atoms with van der Waals surface area (Å²) >= 11 is 1.75. The number of benzene rings is 4. The summed E-state index contributed by atoms with van der Waals surface area (Å²) in [7, 11) is 0. The van der Waals surface area contributed by atoms with Crippen LogP contribution in [0.25, 0.3) is 33.3 Å². The van der Waals surface area contributed by atoms with Crippen molar-refractivity contribution in [2.24, 2.45) is 0 Å². The van der Waals surface area contributed by atoms with Gasteiger partial charge in [0.1, 0.15) is 0 Å². The molecule has 0 aliphatic rings. The third-order valence-corrected chi connectivity index (χ3v) is 5.96. The standard InChI is InChI=1S/C26H20N2S/c1-3-11-20(12-4-1)24-25(21-13-5-2-6-14-21)28-26(27-24)29-18-22-16-9-15-19-10-7-8-17-23(19)22/h1-17H,18H2,(H,27,28). The number of imidazole rings is 1. The summed E-state index contributed by atoms with van der Waals surface area (Å²) in [5.41, 5.74) is 5.66. The van der Waals surface area contributed by atoms with E-state index in [1.165, 1.54) is 16.3 Å². The van der Waals surface area contributed by atoms with E-state index in [9.17, 15) is 0 Å². The van der Waals surface area contributed by atoms with Crippen molar-refractivity contribution in [3.05, 3.63) is 109 Å². The molecule has 0 amide bonds. The Morgan fingerprint density at radius 2 is 1.31 bits per heavy atom. The van der Waals surface area contributed by atoms with Crippen molar-refractivity contribution in [1.29, 1.82) is 0 Å². The van der Waals surface area contributed by atoms with Gasteiger partial charge in [-0.2, -0.15) is 0 Å². The molecule has 5 aromatic rings. The van der Waals surface area contributed by atoms with E-state index in [1.807, 2.05) is 12.1 Å². The van der Waals surface area contributed by atoms with Crippen LogP contribution >= 0.6 is 11.8 Å². The summed E-state index contributed by atoms with van der Waals surface area (Å²) in [6.07, 6.45) is 0. The summed E-state index contributed by atoms with van der Waals surface area (Å²) < 4.78 is 0. The molecule has 1 heterocycles. The Morgan fingerprint density at radius 1 is 0.655 bits per heavy atom. The molecule has 2 nitrogen and oxygen atoms in total. The zero-order chi connectivity index (χ0) is 19.5. The highest BCUT2D eigenvalue weighted by Crippen LogP contribution is 2.34. The fraction of sp³-hybridized carbons (Fsp3) is 0.0385. The zero-order valence-corrected chi connectivity index (χ0v) is 16.7. The molecule has 0 radical (unpaired) electrons. The molecule has 140 valence electrons. The largest absolute Gasteiger partial charge is 0.332 e. The third-order valence-electron chi connectivity index (χ3n) is 5.04. The highest BCUT2D eigenvalue weighted by molar-refractivity contribution is 7.98. The molecular weight excluding hydrogens is 372 g/mol. The van der Waals surface area contributed by atoms with Gasteiger partial charge in [-0.25, -0.2) is 4.98 Å². The summed E-state index contributed by atoms with van der Waals surface area (Å²) in [4.78, 5) is 8.53. The minimum atomic E-state index is 0.872. The number of aromatic amines is 1. The summed E-state index contributed by atoms with van der Waals surface area (Å²) in [5, 5.41) is 3.52. The van der Waals surface area contributed by atoms with Gasteiger partial charge < -0.3 is 4.98 Å². The minimum absolute atomic E-state index is 0.872. The van der Waals surface area contributed by atoms with Crippen LogP contribution in [-0.2, 0) is 5.75 Å². The summed E-state index contributed by atoms with van der Waals surface area (Å²) in [6, 6.07) is 35.8. The van der Waals surface area contributed by atoms with Crippen LogP contribution < -0.4 is 0 Å². The number of nitrogens with one attached hydrogen (secondary N) is 1. The first-order valence-corrected chi connectivity index (χ1v) is 10.7. The van der Waals surface area contributed by atoms with Crippen LogP contribution in [0.2, 0.25) is 0 Å². The number of aromatic nitrogens is 2. The lowest BCUT2D eigenvalue weighted by Crippen LogP contribution is -1.85. The number of H-pyrrole nitrogens is 1. The molecule has 0 spiro atoms. The third kappa shape index (κ3) is 3.69. The molecule has 0 aliphatic heterocycles. The van der Waals surface area contributed by atoms with Crippen molar-refractivity contribution in [1.82, 2.24) is 9.97 Å². The van der Waals surface area contributed by atoms with Crippen molar-refractivity contribution in [2.75, 3.05) is 0 Å². The lowest BCUT2D eigenvalue weighted by atomic mass is 10.1. The lowest BCUT2D eigenvalue weighted by Gasteiger charge is -2.05. The molecule has 0 fully saturated rings. The Labute approximate surface area is 174 Å². The number of nitrogens with zero attached hydrogens (tertiary/aromatic N) is 1. The zero-order valence-electron chi connectivity index (χ0n) is 15.9. The normalized spacial score (nSPS) is 11.0. The Bertz CT molecular complexity index is 1180. The van der Waals surface area contributed by atoms with Gasteiger partial charge in [-0.05, 0) is 16.3 Å². The first kappa shape index (κ1) is 17.8. The van der Waals surface area contributed by atoms with E-state index in [0.717, 1.165) is 33.4 Å². The Kier molecular flexibility index (Phi) is 4.89. The molecule has 0 aliphatic carbocycles. The molecule has 5 rings (SSSR count). The SMILES string of the molecule is c1ccc(-c2nc(SCc3cccc4ccccc34)[nH]c2-c2ccccc2)cc1. The van der Waals surface area contributed by atoms with Gasteiger partial charge in [0.25, 0.3) is 0 Å². The van der Waals surface area contributed by atoms with E-state index in [1.54, 1.807) is 11.8 Å². The summed E-state index contributed by atoms with van der Waals surface area (Å²) in [5.74, 6) is 0.872. The molecule has 0 saturated heterocycles. The average Bonchev–Trinajstić information content (AvgIpc) is 3.23. The Morgan fingerprint density at radius 3 is 2.10 bits per heavy atom. The van der Waals surface area contributed by atoms with E-state index in [4.69, 9.17) is 4.98 Å². The fourth-order valence-electron chi connectivity index (χ4n) is 3.60. The van der Waals surface area contributed by atoms with Crippen LogP contribution in [0.4, 0.5) is 0 Å². The second kappa shape index (κ2) is 7.98. The van der Waals surface area contributed by atoms with Crippen molar-refractivity contribution >= 4 is 22.5 Å². The van der Waals surface area contributed by atoms with Gasteiger partial charge >= 0.3 is 0 Å². The van der Waals surface area contributed by atoms with Gasteiger partial charge in [-0.1, -0.05) is 115 Å². The second-order valence-electron chi connectivity index (χ2n) is 6.92. The number of rotatable bonds is 5. The fourth-order valence-corrected chi connectivity index (χ4v) is 4.48. The maximum atomic E-state index is 4.96. The van der Waals surface area contributed by atoms with E-state index < -0.39 is 0 Å². The Hall–Kier alpha value is -3.30. The minimum Gasteiger partial charge on any atom is -0.332 e. The van der Waals surface area contributed by atoms with E-state index >= 15 is 0 Å². The summed E-state index contributed by atoms with van der Waals surface area (Å²) in [6.45, 7) is 0. The van der Waals surface area contributed by atoms with Crippen LogP contribution in [0, 0.1) is 0 Å². The van der Waals surface area contributed by atoms with Crippen molar-refractivity contribution < 1.29 is 0 Å². The molecule has 1 aromatic heterocycles. The molecule has 3 heteroatoms. The van der Waals surface area contributed by atoms with Crippen LogP contribution in [0.1, 0.15) is 5.56 Å². The molecule has 0 atom stereocenters. The van der Waals surface area contributed by atoms with Gasteiger partial charge in [0.2, 0.25) is 0 Å². The highest BCUT2D eigenvalue weighted by Gasteiger charge is 2.14. The van der Waals surface area contributed by atoms with Gasteiger partial charge in [-0.3, -0.25) is 0 Å². The van der Waals surface area contributed by atoms with Gasteiger partial charge in [0, 0.05) is 16.9 Å². The quantitative estimate of drug-likeness (QED) is 0.321. The van der Waals surface area contributed by atoms with Gasteiger partial charge in [0.15, 0.2) is 5.16 Å². The van der Waals surface area contributed by atoms with E-state index in [0.29, 0.717) is 0 Å². The number of thioether (sulfide) groups is 1. The second-order valence-corrected chi connectivity index (χ2v) is 7.89. The van der Waals surface area contributed by atoms with E-state index in [2.05, 4.69) is 96.0 Å². The van der Waals surface area contributed by atoms with Crippen molar-refractivity contribution in [2.45, 2.75) is 10.9 Å². The smallest absolute Gasteiger partial charge is 0.166 e. The maximum absolute atomic E-state index is 4.96. The van der Waals surface area contributed by atoms with Crippen LogP contribution in [0.15, 0.2) is 108 Å². The topological polar surface area (TPSA) is 28.7 Å².